The summed E-state index contributed by atoms with van der Waals surface area (Å²) in [4.78, 5) is 0. The van der Waals surface area contributed by atoms with Gasteiger partial charge in [-0.25, -0.2) is 0 Å². The van der Waals surface area contributed by atoms with Crippen molar-refractivity contribution in [3.8, 4) is 0 Å². The largest absolute Gasteiger partial charge is 0.388 e. The van der Waals surface area contributed by atoms with Crippen molar-refractivity contribution in [1.29, 1.82) is 0 Å². The maximum absolute atomic E-state index is 9.77. The van der Waals surface area contributed by atoms with Crippen LogP contribution >= 0.6 is 0 Å². The molecule has 0 aromatic rings. The van der Waals surface area contributed by atoms with Gasteiger partial charge in [0, 0.05) is 5.57 Å². The molecule has 0 spiro atoms. The molecule has 0 saturated heterocycles. The van der Waals surface area contributed by atoms with Gasteiger partial charge in [0.25, 0.3) is 0 Å². The lowest BCUT2D eigenvalue weighted by molar-refractivity contribution is 0.178. The number of aliphatic hydroxyl groups is 1. The van der Waals surface area contributed by atoms with E-state index in [4.69, 9.17) is 0 Å². The van der Waals surface area contributed by atoms with Gasteiger partial charge in [-0.1, -0.05) is 27.2 Å². The van der Waals surface area contributed by atoms with Crippen LogP contribution in [0.2, 0.25) is 0 Å². The van der Waals surface area contributed by atoms with Crippen LogP contribution in [0.4, 0.5) is 0 Å². The van der Waals surface area contributed by atoms with E-state index in [9.17, 15) is 5.11 Å². The quantitative estimate of drug-likeness (QED) is 0.586. The smallest absolute Gasteiger partial charge is 0.0823 e. The second-order valence-corrected chi connectivity index (χ2v) is 5.29. The Morgan fingerprint density at radius 2 is 2.00 bits per heavy atom. The molecule has 1 N–H and O–H groups in total. The molecule has 1 nitrogen and oxygen atoms in total. The minimum absolute atomic E-state index is 0.171. The summed E-state index contributed by atoms with van der Waals surface area (Å²) in [5.41, 5.74) is 5.92. The van der Waals surface area contributed by atoms with Crippen LogP contribution in [-0.2, 0) is 0 Å². The van der Waals surface area contributed by atoms with Crippen molar-refractivity contribution in [2.45, 2.75) is 59.5 Å². The molecule has 0 aromatic carbocycles. The molecule has 0 amide bonds. The van der Waals surface area contributed by atoms with Gasteiger partial charge in [-0.3, -0.25) is 0 Å². The predicted octanol–water partition coefficient (Wildman–Crippen LogP) is 3.44. The van der Waals surface area contributed by atoms with Crippen LogP contribution in [0, 0.1) is 5.41 Å². The standard InChI is InChI=1S/C13H22O/c1-10(13(2,3)4)9-11-7-5-6-8-12(11)14/h12,14H,5-8H2,1-4H3. The monoisotopic (exact) mass is 194 g/mol. The van der Waals surface area contributed by atoms with Crippen LogP contribution in [0.25, 0.3) is 0 Å². The normalized spacial score (nSPS) is 23.2. The molecule has 0 radical (unpaired) electrons. The molecule has 1 atom stereocenters. The van der Waals surface area contributed by atoms with Crippen molar-refractivity contribution in [3.05, 3.63) is 16.9 Å². The molecule has 1 fully saturated rings. The van der Waals surface area contributed by atoms with E-state index in [2.05, 4.69) is 33.4 Å². The molecular weight excluding hydrogens is 172 g/mol. The Bertz CT molecular complexity index is 261. The van der Waals surface area contributed by atoms with Gasteiger partial charge in [-0.2, -0.15) is 0 Å². The fraction of sp³-hybridized carbons (Fsp3) is 0.769. The molecule has 0 aliphatic heterocycles. The van der Waals surface area contributed by atoms with Crippen molar-refractivity contribution in [3.63, 3.8) is 0 Å². The third kappa shape index (κ3) is 3.01. The van der Waals surface area contributed by atoms with E-state index >= 15 is 0 Å². The van der Waals surface area contributed by atoms with E-state index in [1.807, 2.05) is 0 Å². The zero-order chi connectivity index (χ0) is 10.8. The summed E-state index contributed by atoms with van der Waals surface area (Å²) in [6, 6.07) is 0. The van der Waals surface area contributed by atoms with Crippen LogP contribution < -0.4 is 0 Å². The summed E-state index contributed by atoms with van der Waals surface area (Å²) in [7, 11) is 0. The minimum Gasteiger partial charge on any atom is -0.388 e. The van der Waals surface area contributed by atoms with Crippen LogP contribution in [0.3, 0.4) is 0 Å². The van der Waals surface area contributed by atoms with E-state index in [0.29, 0.717) is 0 Å². The lowest BCUT2D eigenvalue weighted by atomic mass is 9.85. The molecule has 0 bridgehead atoms. The number of aliphatic hydroxyl groups excluding tert-OH is 1. The molecule has 0 heterocycles. The first kappa shape index (κ1) is 11.6. The Hall–Kier alpha value is -0.520. The first-order chi connectivity index (χ1) is 6.41. The van der Waals surface area contributed by atoms with E-state index in [0.717, 1.165) is 24.8 Å². The number of hydrogen-bond donors (Lipinski definition) is 1. The van der Waals surface area contributed by atoms with Crippen molar-refractivity contribution < 1.29 is 5.11 Å². The van der Waals surface area contributed by atoms with Gasteiger partial charge in [0.2, 0.25) is 0 Å². The van der Waals surface area contributed by atoms with Crippen LogP contribution in [0.1, 0.15) is 53.4 Å². The highest BCUT2D eigenvalue weighted by Crippen LogP contribution is 2.27. The highest BCUT2D eigenvalue weighted by atomic mass is 16.3. The molecule has 1 rings (SSSR count). The van der Waals surface area contributed by atoms with Crippen molar-refractivity contribution in [2.75, 3.05) is 0 Å². The third-order valence-corrected chi connectivity index (χ3v) is 3.05. The summed E-state index contributed by atoms with van der Waals surface area (Å²) in [6.07, 6.45) is 4.06. The lowest BCUT2D eigenvalue weighted by Crippen LogP contribution is -2.15. The average molecular weight is 194 g/mol. The summed E-state index contributed by atoms with van der Waals surface area (Å²) < 4.78 is 0. The van der Waals surface area contributed by atoms with Gasteiger partial charge < -0.3 is 5.11 Å². The molecule has 1 saturated carbocycles. The van der Waals surface area contributed by atoms with Crippen LogP contribution in [0.5, 0.6) is 0 Å². The molecule has 1 heteroatoms. The molecule has 1 unspecified atom stereocenters. The SMILES string of the molecule is CC(=C=C1CCCCC1O)C(C)(C)C. The molecule has 14 heavy (non-hydrogen) atoms. The highest BCUT2D eigenvalue weighted by molar-refractivity contribution is 5.16. The molecule has 1 aliphatic carbocycles. The first-order valence-corrected chi connectivity index (χ1v) is 5.56. The molecular formula is C13H22O. The van der Waals surface area contributed by atoms with Gasteiger partial charge in [0.15, 0.2) is 0 Å². The zero-order valence-corrected chi connectivity index (χ0v) is 9.85. The lowest BCUT2D eigenvalue weighted by Gasteiger charge is -2.21. The summed E-state index contributed by atoms with van der Waals surface area (Å²) in [5.74, 6) is 0. The molecule has 1 aliphatic rings. The van der Waals surface area contributed by atoms with Crippen molar-refractivity contribution >= 4 is 0 Å². The molecule has 80 valence electrons. The van der Waals surface area contributed by atoms with E-state index in [1.165, 1.54) is 12.0 Å². The summed E-state index contributed by atoms with van der Waals surface area (Å²) in [5, 5.41) is 9.77. The van der Waals surface area contributed by atoms with Crippen LogP contribution in [-0.4, -0.2) is 11.2 Å². The van der Waals surface area contributed by atoms with E-state index in [-0.39, 0.29) is 11.5 Å². The second-order valence-electron chi connectivity index (χ2n) is 5.29. The van der Waals surface area contributed by atoms with E-state index in [1.54, 1.807) is 0 Å². The fourth-order valence-corrected chi connectivity index (χ4v) is 1.57. The average Bonchev–Trinajstić information content (AvgIpc) is 2.07. The zero-order valence-electron chi connectivity index (χ0n) is 9.85. The third-order valence-electron chi connectivity index (χ3n) is 3.05. The van der Waals surface area contributed by atoms with Crippen molar-refractivity contribution in [2.24, 2.45) is 5.41 Å². The van der Waals surface area contributed by atoms with Gasteiger partial charge in [0.05, 0.1) is 6.10 Å². The van der Waals surface area contributed by atoms with Gasteiger partial charge >= 0.3 is 0 Å². The highest BCUT2D eigenvalue weighted by Gasteiger charge is 2.17. The Kier molecular flexibility index (Phi) is 3.58. The van der Waals surface area contributed by atoms with Gasteiger partial charge in [-0.15, -0.1) is 5.73 Å². The summed E-state index contributed by atoms with van der Waals surface area (Å²) >= 11 is 0. The van der Waals surface area contributed by atoms with Gasteiger partial charge in [-0.05, 0) is 37.2 Å². The number of rotatable bonds is 0. The van der Waals surface area contributed by atoms with E-state index < -0.39 is 0 Å². The maximum atomic E-state index is 9.77. The fourth-order valence-electron chi connectivity index (χ4n) is 1.57. The van der Waals surface area contributed by atoms with Gasteiger partial charge in [0.1, 0.15) is 0 Å². The number of hydrogen-bond acceptors (Lipinski definition) is 1. The summed E-state index contributed by atoms with van der Waals surface area (Å²) in [6.45, 7) is 8.66. The Morgan fingerprint density at radius 1 is 1.36 bits per heavy atom. The maximum Gasteiger partial charge on any atom is 0.0823 e. The predicted molar refractivity (Wildman–Crippen MR) is 60.1 cm³/mol. The Morgan fingerprint density at radius 3 is 2.50 bits per heavy atom. The first-order valence-electron chi connectivity index (χ1n) is 5.56. The minimum atomic E-state index is -0.235. The van der Waals surface area contributed by atoms with Crippen LogP contribution in [0.15, 0.2) is 16.9 Å². The Labute approximate surface area is 87.5 Å². The Balaban J connectivity index is 2.93. The topological polar surface area (TPSA) is 20.2 Å². The van der Waals surface area contributed by atoms with Crippen molar-refractivity contribution in [1.82, 2.24) is 0 Å². The molecule has 0 aromatic heterocycles. The second kappa shape index (κ2) is 4.33.